The topological polar surface area (TPSA) is 87.5 Å². The third-order valence-electron chi connectivity index (χ3n) is 3.42. The van der Waals surface area contributed by atoms with E-state index in [1.165, 1.54) is 0 Å². The summed E-state index contributed by atoms with van der Waals surface area (Å²) in [7, 11) is 0. The highest BCUT2D eigenvalue weighted by Crippen LogP contribution is 2.19. The minimum atomic E-state index is -0.339. The van der Waals surface area contributed by atoms with Gasteiger partial charge in [0.25, 0.3) is 0 Å². The van der Waals surface area contributed by atoms with Crippen LogP contribution < -0.4 is 16.4 Å². The second kappa shape index (κ2) is 8.77. The molecule has 7 heteroatoms. The van der Waals surface area contributed by atoms with E-state index >= 15 is 0 Å². The lowest BCUT2D eigenvalue weighted by atomic mass is 10.1. The summed E-state index contributed by atoms with van der Waals surface area (Å²) in [6, 6.07) is 7.77. The number of nitrogens with two attached hydrogens (primary N) is 1. The summed E-state index contributed by atoms with van der Waals surface area (Å²) in [5.41, 5.74) is 7.08. The fraction of sp³-hybridized carbons (Fsp3) is 0.467. The number of amides is 2. The molecule has 1 saturated heterocycles. The fourth-order valence-electron chi connectivity index (χ4n) is 2.23. The van der Waals surface area contributed by atoms with Crippen molar-refractivity contribution in [1.29, 1.82) is 0 Å². The second-order valence-corrected chi connectivity index (χ2v) is 6.30. The van der Waals surface area contributed by atoms with Crippen LogP contribution in [0.2, 0.25) is 0 Å². The first-order valence-electron chi connectivity index (χ1n) is 7.33. The highest BCUT2D eigenvalue weighted by atomic mass is 32.2. The molecule has 6 nitrogen and oxygen atoms in total. The van der Waals surface area contributed by atoms with E-state index < -0.39 is 0 Å². The Morgan fingerprint density at radius 1 is 1.18 bits per heavy atom. The maximum absolute atomic E-state index is 11.9. The zero-order valence-electron chi connectivity index (χ0n) is 12.5. The van der Waals surface area contributed by atoms with E-state index in [1.807, 2.05) is 36.0 Å². The zero-order chi connectivity index (χ0) is 15.8. The molecule has 0 bridgehead atoms. The van der Waals surface area contributed by atoms with E-state index in [2.05, 4.69) is 15.5 Å². The summed E-state index contributed by atoms with van der Waals surface area (Å²) in [5.74, 6) is 1.72. The Hall–Kier alpha value is -1.57. The smallest absolute Gasteiger partial charge is 0.243 e. The van der Waals surface area contributed by atoms with Crippen LogP contribution in [0.15, 0.2) is 24.3 Å². The maximum atomic E-state index is 11.9. The van der Waals surface area contributed by atoms with Gasteiger partial charge in [-0.25, -0.2) is 0 Å². The van der Waals surface area contributed by atoms with Crippen molar-refractivity contribution >= 4 is 29.3 Å². The molecule has 0 unspecified atom stereocenters. The van der Waals surface area contributed by atoms with Crippen LogP contribution in [0.3, 0.4) is 0 Å². The third-order valence-corrected chi connectivity index (χ3v) is 4.36. The van der Waals surface area contributed by atoms with Gasteiger partial charge in [-0.05, 0) is 11.6 Å². The summed E-state index contributed by atoms with van der Waals surface area (Å²) >= 11 is 1.97. The van der Waals surface area contributed by atoms with Crippen LogP contribution in [-0.2, 0) is 16.1 Å². The minimum Gasteiger partial charge on any atom is -0.346 e. The zero-order valence-corrected chi connectivity index (χ0v) is 13.3. The molecule has 2 rings (SSSR count). The highest BCUT2D eigenvalue weighted by molar-refractivity contribution is 7.99. The second-order valence-electron chi connectivity index (χ2n) is 5.07. The summed E-state index contributed by atoms with van der Waals surface area (Å²) in [6.07, 6.45) is 0. The first-order valence-corrected chi connectivity index (χ1v) is 8.49. The standard InChI is InChI=1S/C15H22N4O2S/c16-9-14(20)17-10-15(21)18-13-4-2-1-3-12(13)11-19-5-7-22-8-6-19/h1-4H,5-11,16H2,(H,17,20)(H,18,21). The van der Waals surface area contributed by atoms with Crippen LogP contribution in [0.4, 0.5) is 5.69 Å². The number of benzene rings is 1. The number of thioether (sulfide) groups is 1. The van der Waals surface area contributed by atoms with Gasteiger partial charge in [0.05, 0.1) is 13.1 Å². The van der Waals surface area contributed by atoms with E-state index in [9.17, 15) is 9.59 Å². The highest BCUT2D eigenvalue weighted by Gasteiger charge is 2.13. The largest absolute Gasteiger partial charge is 0.346 e. The van der Waals surface area contributed by atoms with Crippen LogP contribution in [0.5, 0.6) is 0 Å². The van der Waals surface area contributed by atoms with Gasteiger partial charge in [0.1, 0.15) is 0 Å². The van der Waals surface area contributed by atoms with Crippen molar-refractivity contribution in [1.82, 2.24) is 10.2 Å². The number of carbonyl (C=O) groups excluding carboxylic acids is 2. The Bertz CT molecular complexity index is 518. The quantitative estimate of drug-likeness (QED) is 0.699. The Morgan fingerprint density at radius 3 is 2.64 bits per heavy atom. The lowest BCUT2D eigenvalue weighted by Gasteiger charge is -2.27. The van der Waals surface area contributed by atoms with Crippen LogP contribution in [-0.4, -0.2) is 54.4 Å². The average molecular weight is 322 g/mol. The Balaban J connectivity index is 1.92. The number of anilines is 1. The van der Waals surface area contributed by atoms with Crippen LogP contribution >= 0.6 is 11.8 Å². The molecule has 120 valence electrons. The average Bonchev–Trinajstić information content (AvgIpc) is 2.55. The first kappa shape index (κ1) is 16.8. The van der Waals surface area contributed by atoms with Gasteiger partial charge in [-0.15, -0.1) is 0 Å². The predicted molar refractivity (Wildman–Crippen MR) is 89.7 cm³/mol. The summed E-state index contributed by atoms with van der Waals surface area (Å²) in [5, 5.41) is 5.32. The Kier molecular flexibility index (Phi) is 6.70. The van der Waals surface area contributed by atoms with Gasteiger partial charge in [-0.3, -0.25) is 14.5 Å². The molecular weight excluding hydrogens is 300 g/mol. The molecule has 0 radical (unpaired) electrons. The van der Waals surface area contributed by atoms with E-state index in [-0.39, 0.29) is 24.9 Å². The van der Waals surface area contributed by atoms with Gasteiger partial charge in [-0.2, -0.15) is 11.8 Å². The van der Waals surface area contributed by atoms with Gasteiger partial charge < -0.3 is 16.4 Å². The van der Waals surface area contributed by atoms with Crippen molar-refractivity contribution in [2.45, 2.75) is 6.54 Å². The number of rotatable bonds is 6. The van der Waals surface area contributed by atoms with Crippen molar-refractivity contribution in [3.8, 4) is 0 Å². The molecule has 1 aromatic carbocycles. The van der Waals surface area contributed by atoms with Crippen LogP contribution in [0, 0.1) is 0 Å². The molecule has 1 aromatic rings. The molecule has 0 aliphatic carbocycles. The molecule has 0 atom stereocenters. The predicted octanol–water partition coefficient (Wildman–Crippen LogP) is 0.249. The molecule has 1 aliphatic heterocycles. The third kappa shape index (κ3) is 5.32. The molecule has 0 aromatic heterocycles. The number of para-hydroxylation sites is 1. The van der Waals surface area contributed by atoms with Crippen molar-refractivity contribution in [3.05, 3.63) is 29.8 Å². The normalized spacial score (nSPS) is 15.3. The van der Waals surface area contributed by atoms with Gasteiger partial charge in [0.15, 0.2) is 0 Å². The van der Waals surface area contributed by atoms with Gasteiger partial charge in [-0.1, -0.05) is 18.2 Å². The van der Waals surface area contributed by atoms with Gasteiger partial charge >= 0.3 is 0 Å². The molecular formula is C15H22N4O2S. The van der Waals surface area contributed by atoms with Crippen molar-refractivity contribution in [3.63, 3.8) is 0 Å². The van der Waals surface area contributed by atoms with E-state index in [4.69, 9.17) is 5.73 Å². The monoisotopic (exact) mass is 322 g/mol. The number of nitrogens with one attached hydrogen (secondary N) is 2. The van der Waals surface area contributed by atoms with Gasteiger partial charge in [0, 0.05) is 36.8 Å². The molecule has 1 fully saturated rings. The van der Waals surface area contributed by atoms with Crippen molar-refractivity contribution in [2.75, 3.05) is 43.0 Å². The SMILES string of the molecule is NCC(=O)NCC(=O)Nc1ccccc1CN1CCSCC1. The van der Waals surface area contributed by atoms with E-state index in [0.29, 0.717) is 0 Å². The molecule has 0 saturated carbocycles. The van der Waals surface area contributed by atoms with E-state index in [0.717, 1.165) is 42.4 Å². The lowest BCUT2D eigenvalue weighted by molar-refractivity contribution is -0.123. The van der Waals surface area contributed by atoms with Crippen molar-refractivity contribution < 1.29 is 9.59 Å². The fourth-order valence-corrected chi connectivity index (χ4v) is 3.20. The van der Waals surface area contributed by atoms with Crippen molar-refractivity contribution in [2.24, 2.45) is 5.73 Å². The van der Waals surface area contributed by atoms with Gasteiger partial charge in [0.2, 0.25) is 11.8 Å². The van der Waals surface area contributed by atoms with E-state index in [1.54, 1.807) is 0 Å². The molecule has 4 N–H and O–H groups in total. The van der Waals surface area contributed by atoms with Crippen LogP contribution in [0.1, 0.15) is 5.56 Å². The molecule has 22 heavy (non-hydrogen) atoms. The Labute approximate surface area is 134 Å². The number of carbonyl (C=O) groups is 2. The summed E-state index contributed by atoms with van der Waals surface area (Å²) < 4.78 is 0. The maximum Gasteiger partial charge on any atom is 0.243 e. The van der Waals surface area contributed by atoms with Crippen LogP contribution in [0.25, 0.3) is 0 Å². The first-order chi connectivity index (χ1) is 10.7. The Morgan fingerprint density at radius 2 is 1.91 bits per heavy atom. The summed E-state index contributed by atoms with van der Waals surface area (Å²) in [4.78, 5) is 25.4. The number of hydrogen-bond donors (Lipinski definition) is 3. The summed E-state index contributed by atoms with van der Waals surface area (Å²) in [6.45, 7) is 2.78. The molecule has 1 heterocycles. The molecule has 2 amide bonds. The molecule has 1 aliphatic rings. The number of nitrogens with zero attached hydrogens (tertiary/aromatic N) is 1. The lowest BCUT2D eigenvalue weighted by Crippen LogP contribution is -2.37. The molecule has 0 spiro atoms. The minimum absolute atomic E-state index is 0.0648. The number of hydrogen-bond acceptors (Lipinski definition) is 5.